The largest absolute Gasteiger partial charge is 0.322 e. The summed E-state index contributed by atoms with van der Waals surface area (Å²) in [5.41, 5.74) is 0.676. The molecule has 0 spiro atoms. The van der Waals surface area contributed by atoms with E-state index in [0.29, 0.717) is 5.70 Å². The summed E-state index contributed by atoms with van der Waals surface area (Å²) in [6, 6.07) is 0. The van der Waals surface area contributed by atoms with Crippen LogP contribution in [0.5, 0.6) is 0 Å². The Morgan fingerprint density at radius 2 is 2.00 bits per heavy atom. The highest BCUT2D eigenvalue weighted by Crippen LogP contribution is 2.19. The maximum atomic E-state index is 11.2. The second-order valence-electron chi connectivity index (χ2n) is 2.69. The zero-order chi connectivity index (χ0) is 8.55. The Bertz CT molecular complexity index is 336. The lowest BCUT2D eigenvalue weighted by Gasteiger charge is -1.98. The lowest BCUT2D eigenvalue weighted by molar-refractivity contribution is -0.135. The summed E-state index contributed by atoms with van der Waals surface area (Å²) in [5, 5.41) is 2.52. The van der Waals surface area contributed by atoms with Crippen LogP contribution in [0, 0.1) is 5.92 Å². The molecule has 0 aromatic carbocycles. The molecule has 0 aromatic heterocycles. The fraction of sp³-hybridized carbons (Fsp3) is 0.111. The highest BCUT2D eigenvalue weighted by atomic mass is 16.2. The molecule has 2 rings (SSSR count). The third-order valence-electron chi connectivity index (χ3n) is 1.90. The van der Waals surface area contributed by atoms with Gasteiger partial charge in [-0.3, -0.25) is 9.59 Å². The first-order valence-corrected chi connectivity index (χ1v) is 3.69. The van der Waals surface area contributed by atoms with Gasteiger partial charge in [0.1, 0.15) is 0 Å². The van der Waals surface area contributed by atoms with Crippen LogP contribution in [0.15, 0.2) is 36.1 Å². The Labute approximate surface area is 69.5 Å². The van der Waals surface area contributed by atoms with Crippen LogP contribution in [0.1, 0.15) is 0 Å². The van der Waals surface area contributed by atoms with Gasteiger partial charge in [-0.15, -0.1) is 0 Å². The minimum atomic E-state index is -0.508. The first-order chi connectivity index (χ1) is 5.79. The Morgan fingerprint density at radius 1 is 1.17 bits per heavy atom. The monoisotopic (exact) mass is 161 g/mol. The molecule has 1 N–H and O–H groups in total. The Kier molecular flexibility index (Phi) is 1.43. The highest BCUT2D eigenvalue weighted by molar-refractivity contribution is 6.41. The fourth-order valence-corrected chi connectivity index (χ4v) is 1.29. The van der Waals surface area contributed by atoms with Crippen molar-refractivity contribution < 1.29 is 9.59 Å². The molecule has 0 unspecified atom stereocenters. The minimum absolute atomic E-state index is 0.374. The van der Waals surface area contributed by atoms with E-state index in [9.17, 15) is 9.59 Å². The SMILES string of the molecule is O=C1NC2=CC=CC=C[C@H]2C1=O. The third-order valence-corrected chi connectivity index (χ3v) is 1.90. The van der Waals surface area contributed by atoms with E-state index in [-0.39, 0.29) is 11.7 Å². The normalized spacial score (nSPS) is 26.3. The van der Waals surface area contributed by atoms with Gasteiger partial charge in [0.05, 0.1) is 5.92 Å². The predicted octanol–water partition coefficient (Wildman–Crippen LogP) is 0.311. The number of hydrogen-bond acceptors (Lipinski definition) is 2. The summed E-state index contributed by atoms with van der Waals surface area (Å²) in [4.78, 5) is 22.1. The fourth-order valence-electron chi connectivity index (χ4n) is 1.29. The highest BCUT2D eigenvalue weighted by Gasteiger charge is 2.34. The van der Waals surface area contributed by atoms with Gasteiger partial charge in [0.15, 0.2) is 0 Å². The van der Waals surface area contributed by atoms with E-state index < -0.39 is 5.91 Å². The van der Waals surface area contributed by atoms with Crippen molar-refractivity contribution in [3.8, 4) is 0 Å². The molecule has 1 aliphatic carbocycles. The summed E-state index contributed by atoms with van der Waals surface area (Å²) in [6.45, 7) is 0. The van der Waals surface area contributed by atoms with E-state index in [1.54, 1.807) is 24.3 Å². The smallest absolute Gasteiger partial charge is 0.292 e. The third kappa shape index (κ3) is 0.906. The zero-order valence-corrected chi connectivity index (χ0v) is 6.28. The average molecular weight is 161 g/mol. The minimum Gasteiger partial charge on any atom is -0.322 e. The van der Waals surface area contributed by atoms with E-state index in [4.69, 9.17) is 0 Å². The molecule has 1 atom stereocenters. The summed E-state index contributed by atoms with van der Waals surface area (Å²) < 4.78 is 0. The first-order valence-electron chi connectivity index (χ1n) is 3.69. The van der Waals surface area contributed by atoms with Gasteiger partial charge in [-0.2, -0.15) is 0 Å². The van der Waals surface area contributed by atoms with Crippen molar-refractivity contribution in [3.05, 3.63) is 36.1 Å². The van der Waals surface area contributed by atoms with Crippen LogP contribution in [0.3, 0.4) is 0 Å². The van der Waals surface area contributed by atoms with Crippen molar-refractivity contribution >= 4 is 11.7 Å². The molecule has 0 aromatic rings. The molecule has 1 amide bonds. The molecule has 0 radical (unpaired) electrons. The van der Waals surface area contributed by atoms with Gasteiger partial charge in [-0.25, -0.2) is 0 Å². The van der Waals surface area contributed by atoms with Crippen molar-refractivity contribution in [1.29, 1.82) is 0 Å². The maximum absolute atomic E-state index is 11.2. The molecule has 12 heavy (non-hydrogen) atoms. The Hall–Kier alpha value is -1.64. The molecule has 1 aliphatic heterocycles. The van der Waals surface area contributed by atoms with Crippen LogP contribution in [-0.2, 0) is 9.59 Å². The molecule has 2 aliphatic rings. The van der Waals surface area contributed by atoms with Gasteiger partial charge in [0.2, 0.25) is 5.78 Å². The number of allylic oxidation sites excluding steroid dienone is 5. The van der Waals surface area contributed by atoms with Crippen molar-refractivity contribution in [2.45, 2.75) is 0 Å². The lowest BCUT2D eigenvalue weighted by Crippen LogP contribution is -2.18. The summed E-state index contributed by atoms with van der Waals surface area (Å²) in [5.74, 6) is -1.26. The van der Waals surface area contributed by atoms with E-state index in [1.165, 1.54) is 0 Å². The second kappa shape index (κ2) is 2.44. The zero-order valence-electron chi connectivity index (χ0n) is 6.28. The van der Waals surface area contributed by atoms with E-state index in [1.807, 2.05) is 6.08 Å². The number of amides is 1. The quantitative estimate of drug-likeness (QED) is 0.520. The standard InChI is InChI=1S/C9H7NO2/c11-8-6-4-2-1-3-5-7(6)10-9(8)12/h1-6H,(H,10,12)/t6-/m1/s1. The number of ketones is 1. The van der Waals surface area contributed by atoms with Crippen molar-refractivity contribution in [2.75, 3.05) is 0 Å². The van der Waals surface area contributed by atoms with Crippen molar-refractivity contribution in [3.63, 3.8) is 0 Å². The number of hydrogen-bond donors (Lipinski definition) is 1. The average Bonchev–Trinajstić information content (AvgIpc) is 2.30. The summed E-state index contributed by atoms with van der Waals surface area (Å²) >= 11 is 0. The number of carbonyl (C=O) groups is 2. The van der Waals surface area contributed by atoms with Crippen molar-refractivity contribution in [1.82, 2.24) is 5.32 Å². The molecule has 60 valence electrons. The topological polar surface area (TPSA) is 46.2 Å². The maximum Gasteiger partial charge on any atom is 0.292 e. The van der Waals surface area contributed by atoms with Crippen molar-refractivity contribution in [2.24, 2.45) is 5.92 Å². The number of rotatable bonds is 0. The molecule has 1 fully saturated rings. The van der Waals surface area contributed by atoms with E-state index in [0.717, 1.165) is 0 Å². The van der Waals surface area contributed by atoms with Gasteiger partial charge < -0.3 is 5.32 Å². The molecule has 0 bridgehead atoms. The van der Waals surface area contributed by atoms with Crippen LogP contribution in [0.2, 0.25) is 0 Å². The summed E-state index contributed by atoms with van der Waals surface area (Å²) in [7, 11) is 0. The number of fused-ring (bicyclic) bond motifs is 1. The molecule has 3 heteroatoms. The van der Waals surface area contributed by atoms with Crippen LogP contribution >= 0.6 is 0 Å². The molecular weight excluding hydrogens is 154 g/mol. The molecule has 0 saturated carbocycles. The number of carbonyl (C=O) groups excluding carboxylic acids is 2. The van der Waals surface area contributed by atoms with Crippen LogP contribution in [0.25, 0.3) is 0 Å². The lowest BCUT2D eigenvalue weighted by atomic mass is 10.0. The molecule has 1 heterocycles. The van der Waals surface area contributed by atoms with Gasteiger partial charge >= 0.3 is 0 Å². The molecule has 3 nitrogen and oxygen atoms in total. The molecule has 1 saturated heterocycles. The van der Waals surface area contributed by atoms with Gasteiger partial charge in [-0.1, -0.05) is 24.3 Å². The Balaban J connectivity index is 2.43. The van der Waals surface area contributed by atoms with Crippen LogP contribution in [-0.4, -0.2) is 11.7 Å². The molecular formula is C9H7NO2. The van der Waals surface area contributed by atoms with E-state index in [2.05, 4.69) is 5.32 Å². The van der Waals surface area contributed by atoms with Crippen LogP contribution < -0.4 is 5.32 Å². The number of Topliss-reactive ketones (excluding diaryl/α,β-unsaturated/α-hetero) is 1. The Morgan fingerprint density at radius 3 is 2.83 bits per heavy atom. The number of nitrogens with one attached hydrogen (secondary N) is 1. The second-order valence-corrected chi connectivity index (χ2v) is 2.69. The van der Waals surface area contributed by atoms with Gasteiger partial charge in [0, 0.05) is 5.70 Å². The first kappa shape index (κ1) is 7.03. The summed E-state index contributed by atoms with van der Waals surface area (Å²) in [6.07, 6.45) is 8.85. The van der Waals surface area contributed by atoms with Crippen LogP contribution in [0.4, 0.5) is 0 Å². The van der Waals surface area contributed by atoms with E-state index >= 15 is 0 Å². The predicted molar refractivity (Wildman–Crippen MR) is 43.0 cm³/mol. The van der Waals surface area contributed by atoms with Gasteiger partial charge in [-0.05, 0) is 6.08 Å². The van der Waals surface area contributed by atoms with Gasteiger partial charge in [0.25, 0.3) is 5.91 Å².